The van der Waals surface area contributed by atoms with Gasteiger partial charge in [-0.15, -0.1) is 0 Å². The van der Waals surface area contributed by atoms with E-state index in [0.29, 0.717) is 0 Å². The topological polar surface area (TPSA) is 139 Å². The molecule has 2 rings (SSSR count). The fourth-order valence-corrected chi connectivity index (χ4v) is 2.86. The Balaban J connectivity index is 2.32. The maximum absolute atomic E-state index is 12.2. The lowest BCUT2D eigenvalue weighted by Crippen LogP contribution is -2.55. The van der Waals surface area contributed by atoms with Gasteiger partial charge >= 0.3 is 17.7 Å². The van der Waals surface area contributed by atoms with Gasteiger partial charge in [-0.3, -0.25) is 10.1 Å². The van der Waals surface area contributed by atoms with Gasteiger partial charge in [0.15, 0.2) is 0 Å². The van der Waals surface area contributed by atoms with E-state index >= 15 is 0 Å². The molecule has 0 aliphatic carbocycles. The molecule has 1 atom stereocenters. The third-order valence-electron chi connectivity index (χ3n) is 3.77. The molecule has 1 amide bonds. The highest BCUT2D eigenvalue weighted by molar-refractivity contribution is 6.28. The number of halogens is 1. The number of aromatic carboxylic acids is 1. The van der Waals surface area contributed by atoms with E-state index < -0.39 is 45.3 Å². The maximum Gasteiger partial charge on any atom is 0.410 e. The number of ether oxygens (including phenoxy) is 1. The minimum atomic E-state index is -1.58. The number of anilines is 1. The number of rotatable bonds is 3. The largest absolute Gasteiger partial charge is 0.476 e. The van der Waals surface area contributed by atoms with Gasteiger partial charge in [0.1, 0.15) is 5.60 Å². The summed E-state index contributed by atoms with van der Waals surface area (Å²) in [5.74, 6) is -1.76. The summed E-state index contributed by atoms with van der Waals surface area (Å²) in [6.07, 6.45) is -0.490. The Labute approximate surface area is 160 Å². The molecule has 1 aliphatic heterocycles. The molecule has 0 bridgehead atoms. The van der Waals surface area contributed by atoms with Crippen molar-refractivity contribution in [1.29, 1.82) is 0 Å². The quantitative estimate of drug-likeness (QED) is 0.458. The minimum absolute atomic E-state index is 0.186. The van der Waals surface area contributed by atoms with Gasteiger partial charge in [-0.2, -0.15) is 4.98 Å². The Morgan fingerprint density at radius 3 is 2.44 bits per heavy atom. The molecule has 0 spiro atoms. The van der Waals surface area contributed by atoms with Crippen LogP contribution in [0.1, 0.15) is 38.2 Å². The summed E-state index contributed by atoms with van der Waals surface area (Å²) in [4.78, 5) is 44.5. The predicted molar refractivity (Wildman–Crippen MR) is 95.3 cm³/mol. The van der Waals surface area contributed by atoms with Crippen LogP contribution in [0.15, 0.2) is 0 Å². The third kappa shape index (κ3) is 4.73. The first-order chi connectivity index (χ1) is 12.4. The molecule has 1 aliphatic rings. The van der Waals surface area contributed by atoms with E-state index in [1.54, 1.807) is 32.6 Å². The van der Waals surface area contributed by atoms with E-state index in [1.807, 2.05) is 0 Å². The molecule has 1 aromatic rings. The molecule has 0 saturated carbocycles. The van der Waals surface area contributed by atoms with E-state index in [0.717, 1.165) is 0 Å². The summed E-state index contributed by atoms with van der Waals surface area (Å²) in [5.41, 5.74) is -2.16. The highest BCUT2D eigenvalue weighted by atomic mass is 35.5. The predicted octanol–water partition coefficient (Wildman–Crippen LogP) is 2.18. The van der Waals surface area contributed by atoms with Crippen LogP contribution in [0.3, 0.4) is 0 Å². The molecule has 0 aromatic carbocycles. The van der Waals surface area contributed by atoms with Crippen LogP contribution in [0, 0.1) is 10.1 Å². The number of carbonyl (C=O) groups excluding carboxylic acids is 1. The summed E-state index contributed by atoms with van der Waals surface area (Å²) in [5, 5.41) is 20.2. The number of amides is 1. The number of carboxylic acid groups (broad SMARTS) is 1. The Morgan fingerprint density at radius 1 is 1.33 bits per heavy atom. The van der Waals surface area contributed by atoms with Crippen molar-refractivity contribution in [1.82, 2.24) is 14.9 Å². The molecule has 0 radical (unpaired) electrons. The van der Waals surface area contributed by atoms with Gasteiger partial charge in [0, 0.05) is 25.7 Å². The van der Waals surface area contributed by atoms with Crippen LogP contribution in [0.5, 0.6) is 0 Å². The number of nitrogens with zero attached hydrogens (tertiary/aromatic N) is 5. The lowest BCUT2D eigenvalue weighted by atomic mass is 10.1. The molecule has 27 heavy (non-hydrogen) atoms. The van der Waals surface area contributed by atoms with Crippen molar-refractivity contribution in [3.63, 3.8) is 0 Å². The smallest absolute Gasteiger partial charge is 0.410 e. The highest BCUT2D eigenvalue weighted by Gasteiger charge is 2.37. The van der Waals surface area contributed by atoms with Crippen LogP contribution in [-0.2, 0) is 4.74 Å². The molecule has 0 unspecified atom stereocenters. The number of hydrogen-bond donors (Lipinski definition) is 1. The lowest BCUT2D eigenvalue weighted by Gasteiger charge is -2.40. The van der Waals surface area contributed by atoms with Gasteiger partial charge < -0.3 is 19.6 Å². The summed E-state index contributed by atoms with van der Waals surface area (Å²) in [7, 11) is 0. The normalized spacial score (nSPS) is 17.6. The summed E-state index contributed by atoms with van der Waals surface area (Å²) >= 11 is 5.77. The SMILES string of the molecule is C[C@H]1CN(C(=O)OC(C)(C)C)CCN1c1nc(Cl)nc(C(=O)O)c1[N+](=O)[O-]. The zero-order chi connectivity index (χ0) is 20.5. The monoisotopic (exact) mass is 401 g/mol. The molecule has 11 nitrogen and oxygen atoms in total. The van der Waals surface area contributed by atoms with Crippen molar-refractivity contribution < 1.29 is 24.4 Å². The van der Waals surface area contributed by atoms with Crippen LogP contribution in [0.2, 0.25) is 5.28 Å². The number of hydrogen-bond acceptors (Lipinski definition) is 8. The number of carboxylic acids is 1. The van der Waals surface area contributed by atoms with E-state index in [-0.39, 0.29) is 25.5 Å². The van der Waals surface area contributed by atoms with Crippen LogP contribution in [0.4, 0.5) is 16.3 Å². The van der Waals surface area contributed by atoms with Crippen LogP contribution < -0.4 is 4.90 Å². The molecular formula is C15H20ClN5O6. The van der Waals surface area contributed by atoms with E-state index in [4.69, 9.17) is 16.3 Å². The number of carbonyl (C=O) groups is 2. The van der Waals surface area contributed by atoms with Crippen molar-refractivity contribution in [2.45, 2.75) is 39.3 Å². The second-order valence-corrected chi connectivity index (χ2v) is 7.38. The van der Waals surface area contributed by atoms with Crippen molar-refractivity contribution in [2.24, 2.45) is 0 Å². The van der Waals surface area contributed by atoms with E-state index in [1.165, 1.54) is 4.90 Å². The molecule has 1 saturated heterocycles. The fourth-order valence-electron chi connectivity index (χ4n) is 2.70. The second-order valence-electron chi connectivity index (χ2n) is 7.04. The molecule has 1 N–H and O–H groups in total. The molecule has 2 heterocycles. The minimum Gasteiger partial charge on any atom is -0.476 e. The summed E-state index contributed by atoms with van der Waals surface area (Å²) in [6.45, 7) is 7.62. The summed E-state index contributed by atoms with van der Waals surface area (Å²) in [6, 6.07) is -0.391. The zero-order valence-electron chi connectivity index (χ0n) is 15.3. The lowest BCUT2D eigenvalue weighted by molar-refractivity contribution is -0.385. The van der Waals surface area contributed by atoms with Crippen molar-refractivity contribution in [2.75, 3.05) is 24.5 Å². The van der Waals surface area contributed by atoms with Gasteiger partial charge in [-0.05, 0) is 39.3 Å². The zero-order valence-corrected chi connectivity index (χ0v) is 16.1. The Morgan fingerprint density at radius 2 is 1.96 bits per heavy atom. The maximum atomic E-state index is 12.2. The first-order valence-corrected chi connectivity index (χ1v) is 8.48. The Kier molecular flexibility index (Phi) is 5.73. The molecular weight excluding hydrogens is 382 g/mol. The third-order valence-corrected chi connectivity index (χ3v) is 3.94. The van der Waals surface area contributed by atoms with Gasteiger partial charge in [0.25, 0.3) is 0 Å². The number of nitro groups is 1. The average Bonchev–Trinajstić information content (AvgIpc) is 2.51. The first kappa shape index (κ1) is 20.6. The molecule has 1 fully saturated rings. The van der Waals surface area contributed by atoms with Gasteiger partial charge in [-0.25, -0.2) is 14.6 Å². The molecule has 12 heteroatoms. The van der Waals surface area contributed by atoms with Crippen LogP contribution >= 0.6 is 11.6 Å². The number of piperazine rings is 1. The van der Waals surface area contributed by atoms with Crippen molar-refractivity contribution >= 4 is 35.2 Å². The Hall–Kier alpha value is -2.69. The van der Waals surface area contributed by atoms with E-state index in [2.05, 4.69) is 9.97 Å². The molecule has 1 aromatic heterocycles. The van der Waals surface area contributed by atoms with Crippen LogP contribution in [0.25, 0.3) is 0 Å². The first-order valence-electron chi connectivity index (χ1n) is 8.10. The van der Waals surface area contributed by atoms with Gasteiger partial charge in [0.05, 0.1) is 4.92 Å². The van der Waals surface area contributed by atoms with E-state index in [9.17, 15) is 24.8 Å². The van der Waals surface area contributed by atoms with Gasteiger partial charge in [-0.1, -0.05) is 0 Å². The second kappa shape index (κ2) is 7.51. The van der Waals surface area contributed by atoms with Gasteiger partial charge in [0.2, 0.25) is 16.8 Å². The standard InChI is InChI=1S/C15H20ClN5O6/c1-8-7-19(14(24)27-15(2,3)4)5-6-20(8)11-10(21(25)26)9(12(22)23)17-13(16)18-11/h8H,5-7H2,1-4H3,(H,22,23)/t8-/m0/s1. The summed E-state index contributed by atoms with van der Waals surface area (Å²) < 4.78 is 5.33. The Bertz CT molecular complexity index is 781. The highest BCUT2D eigenvalue weighted by Crippen LogP contribution is 2.32. The van der Waals surface area contributed by atoms with Crippen molar-refractivity contribution in [3.05, 3.63) is 21.1 Å². The molecule has 148 valence electrons. The number of aromatic nitrogens is 2. The average molecular weight is 402 g/mol. The fraction of sp³-hybridized carbons (Fsp3) is 0.600. The van der Waals surface area contributed by atoms with Crippen LogP contribution in [-0.4, -0.2) is 68.2 Å². The van der Waals surface area contributed by atoms with Crippen molar-refractivity contribution in [3.8, 4) is 0 Å².